The number of fused-ring (bicyclic) bond motifs is 1. The Morgan fingerprint density at radius 1 is 1.09 bits per heavy atom. The van der Waals surface area contributed by atoms with Crippen LogP contribution in [0.1, 0.15) is 42.6 Å². The SMILES string of the molecule is CCCCOc1ccc(C(=O)NCCN2CCN(c3nc4c(CC)cccc4s3)CC2)cc1. The Bertz CT molecular complexity index is 1040. The lowest BCUT2D eigenvalue weighted by Crippen LogP contribution is -2.48. The highest BCUT2D eigenvalue weighted by molar-refractivity contribution is 7.22. The Morgan fingerprint density at radius 2 is 1.88 bits per heavy atom. The Morgan fingerprint density at radius 3 is 2.61 bits per heavy atom. The normalized spacial score (nSPS) is 14.5. The van der Waals surface area contributed by atoms with Gasteiger partial charge in [-0.2, -0.15) is 0 Å². The van der Waals surface area contributed by atoms with Crippen molar-refractivity contribution in [3.05, 3.63) is 53.6 Å². The maximum Gasteiger partial charge on any atom is 0.251 e. The summed E-state index contributed by atoms with van der Waals surface area (Å²) < 4.78 is 6.94. The fourth-order valence-corrected chi connectivity index (χ4v) is 5.11. The number of unbranched alkanes of at least 4 members (excludes halogenated alkanes) is 1. The minimum Gasteiger partial charge on any atom is -0.494 e. The van der Waals surface area contributed by atoms with Gasteiger partial charge in [0.1, 0.15) is 5.75 Å². The number of piperazine rings is 1. The van der Waals surface area contributed by atoms with Crippen LogP contribution < -0.4 is 15.0 Å². The molecule has 7 heteroatoms. The van der Waals surface area contributed by atoms with Crippen LogP contribution in [0.25, 0.3) is 10.2 Å². The smallest absolute Gasteiger partial charge is 0.251 e. The van der Waals surface area contributed by atoms with Crippen molar-refractivity contribution in [2.75, 3.05) is 50.8 Å². The Balaban J connectivity index is 1.20. The van der Waals surface area contributed by atoms with Gasteiger partial charge in [0.2, 0.25) is 0 Å². The van der Waals surface area contributed by atoms with Crippen molar-refractivity contribution in [1.82, 2.24) is 15.2 Å². The lowest BCUT2D eigenvalue weighted by molar-refractivity contribution is 0.0947. The van der Waals surface area contributed by atoms with Gasteiger partial charge in [0.25, 0.3) is 5.91 Å². The number of hydrogen-bond donors (Lipinski definition) is 1. The molecule has 3 aromatic rings. The molecule has 0 bridgehead atoms. The number of ether oxygens (including phenoxy) is 1. The molecular weight excluding hydrogens is 432 g/mol. The third kappa shape index (κ3) is 6.03. The molecule has 6 nitrogen and oxygen atoms in total. The number of rotatable bonds is 10. The summed E-state index contributed by atoms with van der Waals surface area (Å²) >= 11 is 1.79. The second kappa shape index (κ2) is 11.5. The molecule has 0 aliphatic carbocycles. The van der Waals surface area contributed by atoms with Crippen molar-refractivity contribution in [2.45, 2.75) is 33.1 Å². The second-order valence-corrected chi connectivity index (χ2v) is 9.43. The van der Waals surface area contributed by atoms with Crippen molar-refractivity contribution in [2.24, 2.45) is 0 Å². The standard InChI is InChI=1S/C26H34N4O2S/c1-3-5-19-32-22-11-9-21(10-12-22)25(31)27-13-14-29-15-17-30(18-16-29)26-28-24-20(4-2)7-6-8-23(24)33-26/h6-12H,3-5,13-19H2,1-2H3,(H,27,31). The number of aromatic nitrogens is 1. The molecule has 176 valence electrons. The Hall–Kier alpha value is -2.64. The monoisotopic (exact) mass is 466 g/mol. The topological polar surface area (TPSA) is 57.7 Å². The molecule has 0 atom stereocenters. The van der Waals surface area contributed by atoms with Gasteiger partial charge in [-0.1, -0.05) is 43.7 Å². The zero-order valence-electron chi connectivity index (χ0n) is 19.7. The molecule has 4 rings (SSSR count). The van der Waals surface area contributed by atoms with Gasteiger partial charge in [0.05, 0.1) is 16.8 Å². The van der Waals surface area contributed by atoms with Crippen molar-refractivity contribution in [3.63, 3.8) is 0 Å². The first-order chi connectivity index (χ1) is 16.2. The van der Waals surface area contributed by atoms with E-state index in [0.717, 1.165) is 68.4 Å². The molecular formula is C26H34N4O2S. The van der Waals surface area contributed by atoms with Gasteiger partial charge in [-0.05, 0) is 48.7 Å². The maximum atomic E-state index is 12.4. The van der Waals surface area contributed by atoms with Crippen LogP contribution in [0.3, 0.4) is 0 Å². The number of para-hydroxylation sites is 1. The van der Waals surface area contributed by atoms with Crippen molar-refractivity contribution in [1.29, 1.82) is 0 Å². The molecule has 0 radical (unpaired) electrons. The van der Waals surface area contributed by atoms with E-state index in [1.807, 2.05) is 24.3 Å². The molecule has 1 aliphatic heterocycles. The van der Waals surface area contributed by atoms with Gasteiger partial charge in [-0.3, -0.25) is 9.69 Å². The molecule has 1 aromatic heterocycles. The average molecular weight is 467 g/mol. The number of benzene rings is 2. The zero-order chi connectivity index (χ0) is 23.0. The number of nitrogens with one attached hydrogen (secondary N) is 1. The summed E-state index contributed by atoms with van der Waals surface area (Å²) in [7, 11) is 0. The minimum atomic E-state index is -0.0325. The van der Waals surface area contributed by atoms with E-state index in [1.165, 1.54) is 10.3 Å². The summed E-state index contributed by atoms with van der Waals surface area (Å²) in [6, 6.07) is 13.9. The van der Waals surface area contributed by atoms with Crippen molar-refractivity contribution in [3.8, 4) is 5.75 Å². The Labute approximate surface area is 200 Å². The highest BCUT2D eigenvalue weighted by atomic mass is 32.1. The number of amides is 1. The van der Waals surface area contributed by atoms with E-state index >= 15 is 0 Å². The molecule has 0 unspecified atom stereocenters. The number of aryl methyl sites for hydroxylation is 1. The van der Waals surface area contributed by atoms with Crippen LogP contribution >= 0.6 is 11.3 Å². The fourth-order valence-electron chi connectivity index (χ4n) is 4.04. The van der Waals surface area contributed by atoms with E-state index < -0.39 is 0 Å². The molecule has 33 heavy (non-hydrogen) atoms. The predicted molar refractivity (Wildman–Crippen MR) is 137 cm³/mol. The third-order valence-electron chi connectivity index (χ3n) is 6.11. The lowest BCUT2D eigenvalue weighted by Gasteiger charge is -2.34. The predicted octanol–water partition coefficient (Wildman–Crippen LogP) is 4.59. The molecule has 1 saturated heterocycles. The van der Waals surface area contributed by atoms with Gasteiger partial charge >= 0.3 is 0 Å². The van der Waals surface area contributed by atoms with E-state index in [9.17, 15) is 4.79 Å². The van der Waals surface area contributed by atoms with Crippen LogP contribution in [0.2, 0.25) is 0 Å². The first-order valence-electron chi connectivity index (χ1n) is 12.0. The highest BCUT2D eigenvalue weighted by Gasteiger charge is 2.20. The number of anilines is 1. The van der Waals surface area contributed by atoms with Gasteiger partial charge in [0.15, 0.2) is 5.13 Å². The maximum absolute atomic E-state index is 12.4. The number of nitrogens with zero attached hydrogens (tertiary/aromatic N) is 3. The van der Waals surface area contributed by atoms with E-state index in [-0.39, 0.29) is 5.91 Å². The molecule has 0 saturated carbocycles. The molecule has 2 aromatic carbocycles. The largest absolute Gasteiger partial charge is 0.494 e. The van der Waals surface area contributed by atoms with Crippen LogP contribution in [0.5, 0.6) is 5.75 Å². The highest BCUT2D eigenvalue weighted by Crippen LogP contribution is 2.31. The van der Waals surface area contributed by atoms with Crippen molar-refractivity contribution >= 4 is 32.6 Å². The summed E-state index contributed by atoms with van der Waals surface area (Å²) in [6.07, 6.45) is 3.16. The third-order valence-corrected chi connectivity index (χ3v) is 7.19. The first kappa shape index (κ1) is 23.5. The van der Waals surface area contributed by atoms with Crippen LogP contribution in [-0.2, 0) is 6.42 Å². The van der Waals surface area contributed by atoms with Crippen LogP contribution in [0.15, 0.2) is 42.5 Å². The summed E-state index contributed by atoms with van der Waals surface area (Å²) in [5.74, 6) is 0.784. The molecule has 1 amide bonds. The Kier molecular flexibility index (Phi) is 8.18. The van der Waals surface area contributed by atoms with Gasteiger partial charge in [-0.25, -0.2) is 4.98 Å². The van der Waals surface area contributed by atoms with Gasteiger partial charge < -0.3 is 15.0 Å². The molecule has 1 N–H and O–H groups in total. The summed E-state index contributed by atoms with van der Waals surface area (Å²) in [4.78, 5) is 22.2. The average Bonchev–Trinajstić information content (AvgIpc) is 3.29. The number of carbonyl (C=O) groups is 1. The number of thiazole rings is 1. The molecule has 1 aliphatic rings. The summed E-state index contributed by atoms with van der Waals surface area (Å²) in [6.45, 7) is 10.4. The van der Waals surface area contributed by atoms with Gasteiger partial charge in [0, 0.05) is 44.8 Å². The second-order valence-electron chi connectivity index (χ2n) is 8.42. The number of carbonyl (C=O) groups excluding carboxylic acids is 1. The molecule has 1 fully saturated rings. The van der Waals surface area contributed by atoms with Crippen LogP contribution in [0, 0.1) is 0 Å². The minimum absolute atomic E-state index is 0.0325. The van der Waals surface area contributed by atoms with Crippen LogP contribution in [0.4, 0.5) is 5.13 Å². The fraction of sp³-hybridized carbons (Fsp3) is 0.462. The van der Waals surface area contributed by atoms with E-state index in [0.29, 0.717) is 18.7 Å². The van der Waals surface area contributed by atoms with Gasteiger partial charge in [-0.15, -0.1) is 0 Å². The van der Waals surface area contributed by atoms with Crippen molar-refractivity contribution < 1.29 is 9.53 Å². The van der Waals surface area contributed by atoms with E-state index in [2.05, 4.69) is 47.2 Å². The van der Waals surface area contributed by atoms with E-state index in [4.69, 9.17) is 9.72 Å². The zero-order valence-corrected chi connectivity index (χ0v) is 20.5. The van der Waals surface area contributed by atoms with E-state index in [1.54, 1.807) is 11.3 Å². The quantitative estimate of drug-likeness (QED) is 0.443. The summed E-state index contributed by atoms with van der Waals surface area (Å²) in [5.41, 5.74) is 3.15. The first-order valence-corrected chi connectivity index (χ1v) is 12.9. The molecule has 2 heterocycles. The lowest BCUT2D eigenvalue weighted by atomic mass is 10.1. The van der Waals surface area contributed by atoms with Crippen LogP contribution in [-0.4, -0.2) is 61.7 Å². The summed E-state index contributed by atoms with van der Waals surface area (Å²) in [5, 5.41) is 4.17. The number of hydrogen-bond acceptors (Lipinski definition) is 6. The molecule has 0 spiro atoms.